The van der Waals surface area contributed by atoms with E-state index in [1.165, 1.54) is 0 Å². The number of halogens is 1. The highest BCUT2D eigenvalue weighted by molar-refractivity contribution is 9.10. The molecule has 2 aromatic heterocycles. The molecule has 0 saturated carbocycles. The molecule has 0 bridgehead atoms. The summed E-state index contributed by atoms with van der Waals surface area (Å²) >= 11 is 3.25. The monoisotopic (exact) mass is 326 g/mol. The molecule has 0 aromatic carbocycles. The third kappa shape index (κ3) is 2.88. The number of aromatic nitrogens is 2. The van der Waals surface area contributed by atoms with Gasteiger partial charge in [-0.2, -0.15) is 0 Å². The summed E-state index contributed by atoms with van der Waals surface area (Å²) < 4.78 is 11.7. The van der Waals surface area contributed by atoms with E-state index in [9.17, 15) is 0 Å². The molecule has 102 valence electrons. The Hall–Kier alpha value is -1.18. The number of hydrogen-bond donors (Lipinski definition) is 1. The van der Waals surface area contributed by atoms with Gasteiger partial charge in [-0.25, -0.2) is 0 Å². The highest BCUT2D eigenvalue weighted by atomic mass is 79.9. The van der Waals surface area contributed by atoms with Gasteiger partial charge in [0, 0.05) is 25.7 Å². The Labute approximate surface area is 119 Å². The number of piperazine rings is 1. The largest absolute Gasteiger partial charge is 0.444 e. The van der Waals surface area contributed by atoms with Gasteiger partial charge in [-0.1, -0.05) is 0 Å². The molecule has 6 nitrogen and oxygen atoms in total. The first-order valence-electron chi connectivity index (χ1n) is 6.25. The van der Waals surface area contributed by atoms with Crippen LogP contribution in [0.5, 0.6) is 0 Å². The van der Waals surface area contributed by atoms with Gasteiger partial charge >= 0.3 is 0 Å². The second-order valence-electron chi connectivity index (χ2n) is 4.63. The second kappa shape index (κ2) is 5.44. The molecule has 1 aliphatic rings. The molecule has 0 spiro atoms. The van der Waals surface area contributed by atoms with Crippen molar-refractivity contribution in [3.05, 3.63) is 22.7 Å². The smallest absolute Gasteiger partial charge is 0.283 e. The molecule has 7 heteroatoms. The molecule has 0 radical (unpaired) electrons. The van der Waals surface area contributed by atoms with Gasteiger partial charge in [0.15, 0.2) is 10.4 Å². The predicted octanol–water partition coefficient (Wildman–Crippen LogP) is 1.89. The van der Waals surface area contributed by atoms with Crippen LogP contribution in [0.25, 0.3) is 11.7 Å². The SMILES string of the molecule is C[C@H]1CNCCN1Cc1nnc(-c2ccc(Br)o2)o1. The fraction of sp³-hybridized carbons (Fsp3) is 0.500. The maximum atomic E-state index is 5.64. The summed E-state index contributed by atoms with van der Waals surface area (Å²) in [5.74, 6) is 1.62. The van der Waals surface area contributed by atoms with Crippen LogP contribution < -0.4 is 5.32 Å². The number of hydrogen-bond acceptors (Lipinski definition) is 6. The molecular weight excluding hydrogens is 312 g/mol. The topological polar surface area (TPSA) is 67.3 Å². The van der Waals surface area contributed by atoms with E-state index in [4.69, 9.17) is 8.83 Å². The van der Waals surface area contributed by atoms with E-state index in [1.807, 2.05) is 0 Å². The molecule has 2 aromatic rings. The average molecular weight is 327 g/mol. The van der Waals surface area contributed by atoms with E-state index in [-0.39, 0.29) is 0 Å². The predicted molar refractivity (Wildman–Crippen MR) is 72.4 cm³/mol. The first-order valence-corrected chi connectivity index (χ1v) is 7.04. The highest BCUT2D eigenvalue weighted by Crippen LogP contribution is 2.24. The van der Waals surface area contributed by atoms with Crippen molar-refractivity contribution in [1.82, 2.24) is 20.4 Å². The quantitative estimate of drug-likeness (QED) is 0.929. The summed E-state index contributed by atoms with van der Waals surface area (Å²) in [5.41, 5.74) is 0. The van der Waals surface area contributed by atoms with Gasteiger partial charge in [0.2, 0.25) is 5.89 Å². The van der Waals surface area contributed by atoms with Crippen LogP contribution in [-0.4, -0.2) is 40.8 Å². The molecule has 1 atom stereocenters. The first-order chi connectivity index (χ1) is 9.22. The van der Waals surface area contributed by atoms with E-state index >= 15 is 0 Å². The van der Waals surface area contributed by atoms with Crippen LogP contribution >= 0.6 is 15.9 Å². The van der Waals surface area contributed by atoms with Crippen LogP contribution in [0.15, 0.2) is 25.6 Å². The van der Waals surface area contributed by atoms with Gasteiger partial charge < -0.3 is 14.2 Å². The Morgan fingerprint density at radius 2 is 2.32 bits per heavy atom. The van der Waals surface area contributed by atoms with Crippen LogP contribution in [0.1, 0.15) is 12.8 Å². The summed E-state index contributed by atoms with van der Waals surface area (Å²) in [6, 6.07) is 4.08. The third-order valence-corrected chi connectivity index (χ3v) is 3.65. The van der Waals surface area contributed by atoms with Crippen molar-refractivity contribution in [2.24, 2.45) is 0 Å². The van der Waals surface area contributed by atoms with E-state index in [2.05, 4.69) is 43.3 Å². The van der Waals surface area contributed by atoms with Crippen LogP contribution in [0, 0.1) is 0 Å². The van der Waals surface area contributed by atoms with Crippen LogP contribution in [0.4, 0.5) is 0 Å². The van der Waals surface area contributed by atoms with Crippen molar-refractivity contribution >= 4 is 15.9 Å². The minimum Gasteiger partial charge on any atom is -0.444 e. The van der Waals surface area contributed by atoms with E-state index in [0.717, 1.165) is 19.6 Å². The van der Waals surface area contributed by atoms with Crippen molar-refractivity contribution in [1.29, 1.82) is 0 Å². The van der Waals surface area contributed by atoms with Crippen molar-refractivity contribution < 1.29 is 8.83 Å². The van der Waals surface area contributed by atoms with Gasteiger partial charge in [0.05, 0.1) is 6.54 Å². The lowest BCUT2D eigenvalue weighted by Gasteiger charge is -2.32. The third-order valence-electron chi connectivity index (χ3n) is 3.23. The lowest BCUT2D eigenvalue weighted by Crippen LogP contribution is -2.49. The zero-order valence-corrected chi connectivity index (χ0v) is 12.2. The molecule has 1 aliphatic heterocycles. The highest BCUT2D eigenvalue weighted by Gasteiger charge is 2.21. The van der Waals surface area contributed by atoms with Gasteiger partial charge in [0.1, 0.15) is 0 Å². The van der Waals surface area contributed by atoms with E-state index < -0.39 is 0 Å². The average Bonchev–Trinajstić information content (AvgIpc) is 3.01. The van der Waals surface area contributed by atoms with E-state index in [0.29, 0.717) is 34.8 Å². The summed E-state index contributed by atoms with van der Waals surface area (Å²) in [4.78, 5) is 2.33. The summed E-state index contributed by atoms with van der Waals surface area (Å²) in [5, 5.41) is 11.4. The van der Waals surface area contributed by atoms with Crippen molar-refractivity contribution in [3.8, 4) is 11.7 Å². The zero-order chi connectivity index (χ0) is 13.2. The molecule has 1 saturated heterocycles. The Bertz CT molecular complexity index is 553. The summed E-state index contributed by atoms with van der Waals surface area (Å²) in [6.07, 6.45) is 0. The number of rotatable bonds is 3. The van der Waals surface area contributed by atoms with Gasteiger partial charge in [-0.15, -0.1) is 10.2 Å². The molecule has 0 amide bonds. The molecule has 3 rings (SSSR count). The van der Waals surface area contributed by atoms with Crippen molar-refractivity contribution in [3.63, 3.8) is 0 Å². The van der Waals surface area contributed by atoms with Crippen LogP contribution in [0.2, 0.25) is 0 Å². The summed E-state index contributed by atoms with van der Waals surface area (Å²) in [7, 11) is 0. The first kappa shape index (κ1) is 12.8. The van der Waals surface area contributed by atoms with Gasteiger partial charge in [0.25, 0.3) is 5.89 Å². The minimum absolute atomic E-state index is 0.420. The normalized spacial score (nSPS) is 20.8. The zero-order valence-electron chi connectivity index (χ0n) is 10.6. The van der Waals surface area contributed by atoms with Crippen molar-refractivity contribution in [2.45, 2.75) is 19.5 Å². The summed E-state index contributed by atoms with van der Waals surface area (Å²) in [6.45, 7) is 5.85. The molecular formula is C12H15BrN4O2. The Balaban J connectivity index is 1.71. The Kier molecular flexibility index (Phi) is 3.67. The molecule has 0 unspecified atom stereocenters. The Morgan fingerprint density at radius 1 is 1.42 bits per heavy atom. The maximum Gasteiger partial charge on any atom is 0.283 e. The maximum absolute atomic E-state index is 5.64. The fourth-order valence-corrected chi connectivity index (χ4v) is 2.44. The molecule has 0 aliphatic carbocycles. The lowest BCUT2D eigenvalue weighted by atomic mass is 10.2. The minimum atomic E-state index is 0.420. The standard InChI is InChI=1S/C12H15BrN4O2/c1-8-6-14-4-5-17(8)7-11-15-16-12(19-11)9-2-3-10(13)18-9/h2-3,8,14H,4-7H2,1H3/t8-/m0/s1. The Morgan fingerprint density at radius 3 is 3.05 bits per heavy atom. The van der Waals surface area contributed by atoms with Gasteiger partial charge in [-0.05, 0) is 35.0 Å². The van der Waals surface area contributed by atoms with Crippen LogP contribution in [-0.2, 0) is 6.54 Å². The second-order valence-corrected chi connectivity index (χ2v) is 5.41. The van der Waals surface area contributed by atoms with Gasteiger partial charge in [-0.3, -0.25) is 4.90 Å². The molecule has 19 heavy (non-hydrogen) atoms. The number of furan rings is 1. The van der Waals surface area contributed by atoms with Crippen molar-refractivity contribution in [2.75, 3.05) is 19.6 Å². The van der Waals surface area contributed by atoms with Crippen LogP contribution in [0.3, 0.4) is 0 Å². The molecule has 3 heterocycles. The number of nitrogens with zero attached hydrogens (tertiary/aromatic N) is 3. The lowest BCUT2D eigenvalue weighted by molar-refractivity contribution is 0.151. The fourth-order valence-electron chi connectivity index (χ4n) is 2.14. The number of nitrogens with one attached hydrogen (secondary N) is 1. The van der Waals surface area contributed by atoms with E-state index in [1.54, 1.807) is 12.1 Å². The molecule has 1 fully saturated rings. The molecule has 1 N–H and O–H groups in total.